The van der Waals surface area contributed by atoms with Crippen LogP contribution in [0, 0.1) is 34.6 Å². The van der Waals surface area contributed by atoms with Gasteiger partial charge in [0.2, 0.25) is 0 Å². The Bertz CT molecular complexity index is 1500. The van der Waals surface area contributed by atoms with Gasteiger partial charge in [-0.25, -0.2) is 14.6 Å². The van der Waals surface area contributed by atoms with Crippen molar-refractivity contribution >= 4 is 28.4 Å². The van der Waals surface area contributed by atoms with Gasteiger partial charge in [-0.3, -0.25) is 0 Å². The quantitative estimate of drug-likeness (QED) is 0.182. The van der Waals surface area contributed by atoms with E-state index < -0.39 is 17.4 Å². The summed E-state index contributed by atoms with van der Waals surface area (Å²) in [4.78, 5) is 30.8. The van der Waals surface area contributed by atoms with Crippen molar-refractivity contribution in [2.45, 2.75) is 34.6 Å². The maximum absolute atomic E-state index is 13.5. The van der Waals surface area contributed by atoms with Crippen molar-refractivity contribution in [1.82, 2.24) is 4.98 Å². The highest BCUT2D eigenvalue weighted by atomic mass is 16.5. The number of esters is 1. The first-order valence-electron chi connectivity index (χ1n) is 10.9. The molecule has 34 heavy (non-hydrogen) atoms. The molecule has 6 nitrogen and oxygen atoms in total. The maximum Gasteiger partial charge on any atom is 0.363 e. The van der Waals surface area contributed by atoms with Crippen molar-refractivity contribution < 1.29 is 19.1 Å². The number of ether oxygens (including phenoxy) is 1. The van der Waals surface area contributed by atoms with Crippen LogP contribution >= 0.6 is 0 Å². The molecule has 4 aromatic rings. The number of carbonyl (C=O) groups is 1. The third kappa shape index (κ3) is 4.35. The molecule has 0 aliphatic heterocycles. The summed E-state index contributed by atoms with van der Waals surface area (Å²) < 4.78 is 11.2. The number of rotatable bonds is 4. The second kappa shape index (κ2) is 8.98. The molecular formula is C28H25NO5. The Morgan fingerprint density at radius 2 is 1.56 bits per heavy atom. The molecule has 0 radical (unpaired) electrons. The van der Waals surface area contributed by atoms with E-state index in [0.29, 0.717) is 16.8 Å². The molecule has 0 saturated heterocycles. The van der Waals surface area contributed by atoms with Crippen molar-refractivity contribution in [3.8, 4) is 5.75 Å². The Hall–Kier alpha value is -4.19. The normalized spacial score (nSPS) is 11.9. The van der Waals surface area contributed by atoms with Crippen LogP contribution in [0.4, 0.5) is 0 Å². The molecule has 0 amide bonds. The fourth-order valence-corrected chi connectivity index (χ4v) is 4.01. The monoisotopic (exact) mass is 455 g/mol. The number of aliphatic hydroxyl groups is 1. The van der Waals surface area contributed by atoms with Crippen molar-refractivity contribution in [2.75, 3.05) is 0 Å². The van der Waals surface area contributed by atoms with Crippen molar-refractivity contribution in [3.05, 3.63) is 104 Å². The average Bonchev–Trinajstić information content (AvgIpc) is 2.78. The fourth-order valence-electron chi connectivity index (χ4n) is 4.01. The van der Waals surface area contributed by atoms with Gasteiger partial charge in [-0.2, -0.15) is 0 Å². The lowest BCUT2D eigenvalue weighted by Gasteiger charge is -2.15. The summed E-state index contributed by atoms with van der Waals surface area (Å²) in [6.07, 6.45) is 0. The number of para-hydroxylation sites is 2. The maximum atomic E-state index is 13.5. The standard InChI is InChI=1S/C28H25NO5/c1-15-10-11-17(3)20(14-15)25(30)23(24-28(32)33-22-9-7-6-8-21(22)29-24)27(31)34-26-18(4)12-16(2)13-19(26)5/h6-14,30H,1-5H3/b25-23+. The van der Waals surface area contributed by atoms with Gasteiger partial charge in [0.25, 0.3) is 0 Å². The highest BCUT2D eigenvalue weighted by Crippen LogP contribution is 2.30. The second-order valence-electron chi connectivity index (χ2n) is 8.48. The molecule has 0 atom stereocenters. The number of nitrogens with zero attached hydrogens (tertiary/aromatic N) is 1. The largest absolute Gasteiger partial charge is 0.506 e. The van der Waals surface area contributed by atoms with Crippen LogP contribution in [0.3, 0.4) is 0 Å². The fraction of sp³-hybridized carbons (Fsp3) is 0.179. The zero-order valence-corrected chi connectivity index (χ0v) is 19.7. The molecule has 172 valence electrons. The Balaban J connectivity index is 1.96. The Kier molecular flexibility index (Phi) is 6.07. The Morgan fingerprint density at radius 3 is 2.26 bits per heavy atom. The van der Waals surface area contributed by atoms with Gasteiger partial charge in [0, 0.05) is 5.56 Å². The van der Waals surface area contributed by atoms with Gasteiger partial charge in [0.05, 0.1) is 0 Å². The topological polar surface area (TPSA) is 89.6 Å². The van der Waals surface area contributed by atoms with Gasteiger partial charge < -0.3 is 14.3 Å². The molecular weight excluding hydrogens is 430 g/mol. The molecule has 4 rings (SSSR count). The molecule has 1 N–H and O–H groups in total. The smallest absolute Gasteiger partial charge is 0.363 e. The molecule has 6 heteroatoms. The lowest BCUT2D eigenvalue weighted by atomic mass is 9.99. The lowest BCUT2D eigenvalue weighted by Crippen LogP contribution is -2.20. The average molecular weight is 456 g/mol. The Morgan fingerprint density at radius 1 is 0.882 bits per heavy atom. The molecule has 0 unspecified atom stereocenters. The van der Waals surface area contributed by atoms with E-state index in [9.17, 15) is 14.7 Å². The first-order valence-corrected chi connectivity index (χ1v) is 10.9. The van der Waals surface area contributed by atoms with Crippen molar-refractivity contribution in [1.29, 1.82) is 0 Å². The highest BCUT2D eigenvalue weighted by molar-refractivity contribution is 6.23. The predicted molar refractivity (Wildman–Crippen MR) is 132 cm³/mol. The van der Waals surface area contributed by atoms with Crippen LogP contribution in [0.5, 0.6) is 5.75 Å². The number of hydrogen-bond acceptors (Lipinski definition) is 6. The number of benzene rings is 3. The second-order valence-corrected chi connectivity index (χ2v) is 8.48. The zero-order valence-electron chi connectivity index (χ0n) is 19.7. The van der Waals surface area contributed by atoms with Crippen LogP contribution in [0.15, 0.2) is 63.8 Å². The minimum absolute atomic E-state index is 0.278. The van der Waals surface area contributed by atoms with Gasteiger partial charge >= 0.3 is 11.6 Å². The molecule has 0 aliphatic rings. The van der Waals surface area contributed by atoms with Gasteiger partial charge in [-0.1, -0.05) is 47.5 Å². The lowest BCUT2D eigenvalue weighted by molar-refractivity contribution is -0.128. The Labute approximate surface area is 197 Å². The van der Waals surface area contributed by atoms with Gasteiger partial charge in [-0.15, -0.1) is 0 Å². The number of aryl methyl sites for hydroxylation is 5. The van der Waals surface area contributed by atoms with Crippen LogP contribution < -0.4 is 10.4 Å². The van der Waals surface area contributed by atoms with E-state index in [1.165, 1.54) is 0 Å². The van der Waals surface area contributed by atoms with Crippen LogP contribution in [0.25, 0.3) is 22.4 Å². The highest BCUT2D eigenvalue weighted by Gasteiger charge is 2.28. The van der Waals surface area contributed by atoms with Crippen LogP contribution in [0.1, 0.15) is 39.1 Å². The minimum atomic E-state index is -0.899. The summed E-state index contributed by atoms with van der Waals surface area (Å²) in [6.45, 7) is 9.29. The van der Waals surface area contributed by atoms with Crippen molar-refractivity contribution in [3.63, 3.8) is 0 Å². The van der Waals surface area contributed by atoms with E-state index in [1.54, 1.807) is 37.3 Å². The molecule has 0 aliphatic carbocycles. The SMILES string of the molecule is Cc1cc(C)c(OC(=O)/C(=C(/O)c2cc(C)ccc2C)c2nc3ccccc3oc2=O)c(C)c1. The third-order valence-corrected chi connectivity index (χ3v) is 5.62. The first kappa shape index (κ1) is 23.0. The molecule has 0 fully saturated rings. The van der Waals surface area contributed by atoms with E-state index in [1.807, 2.05) is 52.0 Å². The predicted octanol–water partition coefficient (Wildman–Crippen LogP) is 5.76. The van der Waals surface area contributed by atoms with Crippen molar-refractivity contribution in [2.24, 2.45) is 0 Å². The number of aliphatic hydroxyl groups excluding tert-OH is 1. The summed E-state index contributed by atoms with van der Waals surface area (Å²) >= 11 is 0. The first-order chi connectivity index (χ1) is 16.2. The van der Waals surface area contributed by atoms with Gasteiger partial charge in [0.1, 0.15) is 22.6 Å². The zero-order chi connectivity index (χ0) is 24.6. The van der Waals surface area contributed by atoms with E-state index in [-0.39, 0.29) is 16.9 Å². The summed E-state index contributed by atoms with van der Waals surface area (Å²) in [5, 5.41) is 11.3. The molecule has 1 heterocycles. The number of fused-ring (bicyclic) bond motifs is 1. The summed E-state index contributed by atoms with van der Waals surface area (Å²) in [5.41, 5.74) is 3.69. The molecule has 0 bridgehead atoms. The van der Waals surface area contributed by atoms with E-state index in [2.05, 4.69) is 4.98 Å². The third-order valence-electron chi connectivity index (χ3n) is 5.62. The van der Waals surface area contributed by atoms with Crippen LogP contribution in [-0.2, 0) is 4.79 Å². The molecule has 1 aromatic heterocycles. The summed E-state index contributed by atoms with van der Waals surface area (Å²) in [7, 11) is 0. The van der Waals surface area contributed by atoms with Crippen LogP contribution in [-0.4, -0.2) is 16.1 Å². The molecule has 0 spiro atoms. The number of aromatic nitrogens is 1. The molecule has 3 aromatic carbocycles. The minimum Gasteiger partial charge on any atom is -0.506 e. The number of carbonyl (C=O) groups excluding carboxylic acids is 1. The summed E-state index contributed by atoms with van der Waals surface area (Å²) in [6, 6.07) is 16.0. The summed E-state index contributed by atoms with van der Waals surface area (Å²) in [5.74, 6) is -0.931. The van der Waals surface area contributed by atoms with Crippen LogP contribution in [0.2, 0.25) is 0 Å². The molecule has 0 saturated carbocycles. The van der Waals surface area contributed by atoms with E-state index >= 15 is 0 Å². The van der Waals surface area contributed by atoms with Gasteiger partial charge in [-0.05, 0) is 69.5 Å². The number of hydrogen-bond donors (Lipinski definition) is 1. The van der Waals surface area contributed by atoms with Gasteiger partial charge in [0.15, 0.2) is 11.3 Å². The van der Waals surface area contributed by atoms with E-state index in [0.717, 1.165) is 27.8 Å². The van der Waals surface area contributed by atoms with E-state index in [4.69, 9.17) is 9.15 Å².